The van der Waals surface area contributed by atoms with E-state index in [1.54, 1.807) is 17.0 Å². The van der Waals surface area contributed by atoms with E-state index in [4.69, 9.17) is 21.9 Å². The van der Waals surface area contributed by atoms with Crippen LogP contribution in [0.2, 0.25) is 5.02 Å². The Hall–Kier alpha value is -2.61. The molecule has 3 amide bonds. The molecule has 1 atom stereocenters. The summed E-state index contributed by atoms with van der Waals surface area (Å²) in [7, 11) is 0. The molecule has 8 nitrogen and oxygen atoms in total. The van der Waals surface area contributed by atoms with Crippen molar-refractivity contribution < 1.29 is 14.1 Å². The lowest BCUT2D eigenvalue weighted by atomic mass is 9.98. The van der Waals surface area contributed by atoms with Gasteiger partial charge in [0.2, 0.25) is 17.6 Å². The predicted octanol–water partition coefficient (Wildman–Crippen LogP) is 1.80. The molecular formula is C16H18ClN5O3. The van der Waals surface area contributed by atoms with Gasteiger partial charge >= 0.3 is 6.03 Å². The third-order valence-corrected chi connectivity index (χ3v) is 4.41. The molecule has 1 aromatic carbocycles. The lowest BCUT2D eigenvalue weighted by Gasteiger charge is -2.31. The highest BCUT2D eigenvalue weighted by Gasteiger charge is 2.27. The molecule has 2 heterocycles. The molecule has 0 bridgehead atoms. The number of nitrogens with zero attached hydrogens (tertiary/aromatic N) is 3. The lowest BCUT2D eigenvalue weighted by molar-refractivity contribution is -0.123. The Morgan fingerprint density at radius 2 is 2.20 bits per heavy atom. The van der Waals surface area contributed by atoms with Gasteiger partial charge in [-0.1, -0.05) is 28.9 Å². The number of hydrogen-bond acceptors (Lipinski definition) is 5. The van der Waals surface area contributed by atoms with Gasteiger partial charge in [0.05, 0.1) is 17.5 Å². The number of amides is 3. The zero-order valence-electron chi connectivity index (χ0n) is 13.4. The minimum absolute atomic E-state index is 0.0913. The second-order valence-electron chi connectivity index (χ2n) is 5.84. The minimum atomic E-state index is -0.376. The number of nitrogens with two attached hydrogens (primary N) is 1. The fourth-order valence-corrected chi connectivity index (χ4v) is 2.96. The monoisotopic (exact) mass is 363 g/mol. The van der Waals surface area contributed by atoms with Crippen LogP contribution in [-0.4, -0.2) is 40.1 Å². The number of carbonyl (C=O) groups is 2. The summed E-state index contributed by atoms with van der Waals surface area (Å²) in [5.74, 6) is -0.0399. The first kappa shape index (κ1) is 17.2. The van der Waals surface area contributed by atoms with E-state index in [1.165, 1.54) is 0 Å². The molecule has 0 spiro atoms. The zero-order valence-corrected chi connectivity index (χ0v) is 14.2. The molecule has 3 N–H and O–H groups in total. The molecule has 0 unspecified atom stereocenters. The standard InChI is InChI=1S/C16H18ClN5O3/c17-12-6-2-1-5-11(12)15-20-13(25-21-15)8-19-16(24)22-7-3-4-10(9-22)14(18)23/h1-2,5-6,10H,3-4,7-9H2,(H2,18,23)(H,19,24)/t10-/m1/s1. The van der Waals surface area contributed by atoms with E-state index in [-0.39, 0.29) is 30.3 Å². The Kier molecular flexibility index (Phi) is 5.18. The summed E-state index contributed by atoms with van der Waals surface area (Å²) >= 11 is 6.10. The molecule has 0 saturated carbocycles. The lowest BCUT2D eigenvalue weighted by Crippen LogP contribution is -2.47. The number of benzene rings is 1. The van der Waals surface area contributed by atoms with Gasteiger partial charge in [0, 0.05) is 18.7 Å². The zero-order chi connectivity index (χ0) is 17.8. The fourth-order valence-electron chi connectivity index (χ4n) is 2.74. The Morgan fingerprint density at radius 3 is 2.96 bits per heavy atom. The third-order valence-electron chi connectivity index (χ3n) is 4.08. The van der Waals surface area contributed by atoms with Gasteiger partial charge in [0.25, 0.3) is 0 Å². The van der Waals surface area contributed by atoms with Crippen molar-refractivity contribution in [1.29, 1.82) is 0 Å². The molecule has 132 valence electrons. The summed E-state index contributed by atoms with van der Waals surface area (Å²) < 4.78 is 5.14. The van der Waals surface area contributed by atoms with Crippen LogP contribution in [-0.2, 0) is 11.3 Å². The quantitative estimate of drug-likeness (QED) is 0.859. The molecule has 1 aliphatic rings. The number of rotatable bonds is 4. The van der Waals surface area contributed by atoms with Crippen LogP contribution in [0.5, 0.6) is 0 Å². The molecular weight excluding hydrogens is 346 g/mol. The van der Waals surface area contributed by atoms with Gasteiger partial charge in [-0.3, -0.25) is 4.79 Å². The van der Waals surface area contributed by atoms with Gasteiger partial charge in [-0.2, -0.15) is 4.98 Å². The topological polar surface area (TPSA) is 114 Å². The van der Waals surface area contributed by atoms with Gasteiger partial charge in [-0.05, 0) is 25.0 Å². The molecule has 2 aromatic rings. The number of carbonyl (C=O) groups excluding carboxylic acids is 2. The Bertz CT molecular complexity index is 779. The first-order chi connectivity index (χ1) is 12.0. The first-order valence-electron chi connectivity index (χ1n) is 7.94. The van der Waals surface area contributed by atoms with Gasteiger partial charge in [0.15, 0.2) is 0 Å². The van der Waals surface area contributed by atoms with Gasteiger partial charge in [0.1, 0.15) is 0 Å². The van der Waals surface area contributed by atoms with E-state index >= 15 is 0 Å². The number of piperidine rings is 1. The van der Waals surface area contributed by atoms with Crippen molar-refractivity contribution in [3.63, 3.8) is 0 Å². The van der Waals surface area contributed by atoms with Crippen LogP contribution in [0.1, 0.15) is 18.7 Å². The van der Waals surface area contributed by atoms with Crippen LogP contribution < -0.4 is 11.1 Å². The van der Waals surface area contributed by atoms with Crippen LogP contribution >= 0.6 is 11.6 Å². The summed E-state index contributed by atoms with van der Waals surface area (Å²) in [4.78, 5) is 29.3. The number of likely N-dealkylation sites (tertiary alicyclic amines) is 1. The Labute approximate surface area is 149 Å². The first-order valence-corrected chi connectivity index (χ1v) is 8.32. The number of nitrogens with one attached hydrogen (secondary N) is 1. The summed E-state index contributed by atoms with van der Waals surface area (Å²) in [5.41, 5.74) is 5.98. The molecule has 3 rings (SSSR count). The maximum Gasteiger partial charge on any atom is 0.317 e. The highest BCUT2D eigenvalue weighted by Crippen LogP contribution is 2.24. The fraction of sp³-hybridized carbons (Fsp3) is 0.375. The number of hydrogen-bond donors (Lipinski definition) is 2. The van der Waals surface area contributed by atoms with Crippen molar-refractivity contribution >= 4 is 23.5 Å². The SMILES string of the molecule is NC(=O)[C@@H]1CCCN(C(=O)NCc2nc(-c3ccccc3Cl)no2)C1. The van der Waals surface area contributed by atoms with Crippen molar-refractivity contribution in [3.05, 3.63) is 35.2 Å². The van der Waals surface area contributed by atoms with E-state index in [1.807, 2.05) is 12.1 Å². The van der Waals surface area contributed by atoms with Crippen LogP contribution in [0.3, 0.4) is 0 Å². The van der Waals surface area contributed by atoms with Crippen molar-refractivity contribution in [2.75, 3.05) is 13.1 Å². The smallest absolute Gasteiger partial charge is 0.317 e. The van der Waals surface area contributed by atoms with Crippen molar-refractivity contribution in [2.24, 2.45) is 11.7 Å². The molecule has 0 radical (unpaired) electrons. The summed E-state index contributed by atoms with van der Waals surface area (Å²) in [6.07, 6.45) is 1.46. The minimum Gasteiger partial charge on any atom is -0.369 e. The highest BCUT2D eigenvalue weighted by atomic mass is 35.5. The van der Waals surface area contributed by atoms with E-state index in [0.29, 0.717) is 35.9 Å². The number of halogens is 1. The molecule has 9 heteroatoms. The molecule has 0 aliphatic carbocycles. The van der Waals surface area contributed by atoms with Crippen LogP contribution in [0.25, 0.3) is 11.4 Å². The van der Waals surface area contributed by atoms with Crippen LogP contribution in [0.4, 0.5) is 4.79 Å². The average molecular weight is 364 g/mol. The van der Waals surface area contributed by atoms with Crippen molar-refractivity contribution in [2.45, 2.75) is 19.4 Å². The molecule has 1 aromatic heterocycles. The summed E-state index contributed by atoms with van der Waals surface area (Å²) in [6.45, 7) is 1.01. The summed E-state index contributed by atoms with van der Waals surface area (Å²) in [6, 6.07) is 6.87. The number of primary amides is 1. The normalized spacial score (nSPS) is 17.3. The van der Waals surface area contributed by atoms with Crippen LogP contribution in [0.15, 0.2) is 28.8 Å². The number of aromatic nitrogens is 2. The van der Waals surface area contributed by atoms with E-state index < -0.39 is 0 Å². The molecule has 1 fully saturated rings. The maximum atomic E-state index is 12.2. The van der Waals surface area contributed by atoms with Crippen molar-refractivity contribution in [1.82, 2.24) is 20.4 Å². The highest BCUT2D eigenvalue weighted by molar-refractivity contribution is 6.33. The Morgan fingerprint density at radius 1 is 1.40 bits per heavy atom. The van der Waals surface area contributed by atoms with Gasteiger partial charge < -0.3 is 20.5 Å². The van der Waals surface area contributed by atoms with E-state index in [0.717, 1.165) is 6.42 Å². The molecule has 1 saturated heterocycles. The molecule has 25 heavy (non-hydrogen) atoms. The summed E-state index contributed by atoms with van der Waals surface area (Å²) in [5, 5.41) is 7.11. The average Bonchev–Trinajstić information content (AvgIpc) is 3.09. The van der Waals surface area contributed by atoms with E-state index in [2.05, 4.69) is 15.5 Å². The van der Waals surface area contributed by atoms with Gasteiger partial charge in [-0.15, -0.1) is 0 Å². The Balaban J connectivity index is 1.58. The van der Waals surface area contributed by atoms with Gasteiger partial charge in [-0.25, -0.2) is 4.79 Å². The largest absolute Gasteiger partial charge is 0.369 e. The second kappa shape index (κ2) is 7.52. The predicted molar refractivity (Wildman–Crippen MR) is 90.5 cm³/mol. The molecule has 1 aliphatic heterocycles. The second-order valence-corrected chi connectivity index (χ2v) is 6.25. The van der Waals surface area contributed by atoms with E-state index in [9.17, 15) is 9.59 Å². The third kappa shape index (κ3) is 4.08. The maximum absolute atomic E-state index is 12.2. The van der Waals surface area contributed by atoms with Crippen molar-refractivity contribution in [3.8, 4) is 11.4 Å². The van der Waals surface area contributed by atoms with Crippen LogP contribution in [0, 0.1) is 5.92 Å². The number of urea groups is 1.